The number of nitrogens with zero attached hydrogens (tertiary/aromatic N) is 7. The maximum atomic E-state index is 9.56. The summed E-state index contributed by atoms with van der Waals surface area (Å²) in [4.78, 5) is 19.8. The highest BCUT2D eigenvalue weighted by molar-refractivity contribution is 5.95. The fourth-order valence-electron chi connectivity index (χ4n) is 6.55. The summed E-state index contributed by atoms with van der Waals surface area (Å²) in [7, 11) is 0. The van der Waals surface area contributed by atoms with Crippen LogP contribution in [0.4, 0.5) is 11.5 Å². The van der Waals surface area contributed by atoms with Crippen molar-refractivity contribution in [1.82, 2.24) is 25.1 Å². The van der Waals surface area contributed by atoms with Gasteiger partial charge in [0.15, 0.2) is 0 Å². The van der Waals surface area contributed by atoms with E-state index in [9.17, 15) is 5.26 Å². The van der Waals surface area contributed by atoms with E-state index >= 15 is 0 Å². The monoisotopic (exact) mass is 510 g/mol. The molecule has 3 unspecified atom stereocenters. The van der Waals surface area contributed by atoms with Gasteiger partial charge in [0.2, 0.25) is 0 Å². The van der Waals surface area contributed by atoms with Crippen LogP contribution in [0, 0.1) is 11.3 Å². The molecule has 3 aromatic rings. The fourth-order valence-corrected chi connectivity index (χ4v) is 6.55. The molecule has 3 saturated heterocycles. The summed E-state index contributed by atoms with van der Waals surface area (Å²) in [5.74, 6) is 1.11. The predicted octanol–water partition coefficient (Wildman–Crippen LogP) is 2.74. The van der Waals surface area contributed by atoms with Crippen molar-refractivity contribution in [2.24, 2.45) is 0 Å². The molecule has 38 heavy (non-hydrogen) atoms. The van der Waals surface area contributed by atoms with Gasteiger partial charge in [-0.3, -0.25) is 9.88 Å². The second-order valence-electron chi connectivity index (χ2n) is 11.1. The van der Waals surface area contributed by atoms with E-state index in [1.165, 1.54) is 11.4 Å². The van der Waals surface area contributed by atoms with Crippen molar-refractivity contribution in [3.8, 4) is 6.07 Å². The average molecular weight is 511 g/mol. The Balaban J connectivity index is 1.12. The van der Waals surface area contributed by atoms with Crippen LogP contribution in [0.2, 0.25) is 0 Å². The van der Waals surface area contributed by atoms with Gasteiger partial charge in [0, 0.05) is 106 Å². The lowest BCUT2D eigenvalue weighted by Crippen LogP contribution is -2.65. The normalized spacial score (nSPS) is 24.8. The van der Waals surface area contributed by atoms with Gasteiger partial charge in [-0.1, -0.05) is 6.07 Å². The van der Waals surface area contributed by atoms with Gasteiger partial charge >= 0.3 is 0 Å². The molecule has 3 aliphatic rings. The van der Waals surface area contributed by atoms with Crippen LogP contribution in [-0.2, 0) is 6.42 Å². The summed E-state index contributed by atoms with van der Waals surface area (Å²) >= 11 is 0. The number of piperazine rings is 3. The molecule has 0 radical (unpaired) electrons. The molecule has 198 valence electrons. The molecule has 8 heteroatoms. The number of hydrogen-bond acceptors (Lipinski definition) is 8. The lowest BCUT2D eigenvalue weighted by atomic mass is 10.0. The van der Waals surface area contributed by atoms with E-state index in [0.29, 0.717) is 23.7 Å². The first-order valence-electron chi connectivity index (χ1n) is 14.0. The highest BCUT2D eigenvalue weighted by atomic mass is 15.4. The zero-order chi connectivity index (χ0) is 26.1. The van der Waals surface area contributed by atoms with Crippen LogP contribution in [0.5, 0.6) is 0 Å². The van der Waals surface area contributed by atoms with Gasteiger partial charge in [-0.25, -0.2) is 4.98 Å². The van der Waals surface area contributed by atoms with E-state index in [4.69, 9.17) is 4.98 Å². The Morgan fingerprint density at radius 1 is 0.974 bits per heavy atom. The van der Waals surface area contributed by atoms with Crippen molar-refractivity contribution in [3.63, 3.8) is 0 Å². The van der Waals surface area contributed by atoms with Gasteiger partial charge in [0.1, 0.15) is 11.9 Å². The van der Waals surface area contributed by atoms with Crippen molar-refractivity contribution in [2.45, 2.75) is 38.4 Å². The average Bonchev–Trinajstić information content (AvgIpc) is 2.95. The van der Waals surface area contributed by atoms with Crippen molar-refractivity contribution in [2.75, 3.05) is 68.7 Å². The predicted molar refractivity (Wildman–Crippen MR) is 153 cm³/mol. The maximum Gasteiger partial charge on any atom is 0.128 e. The minimum absolute atomic E-state index is 0.483. The second kappa shape index (κ2) is 10.9. The summed E-state index contributed by atoms with van der Waals surface area (Å²) in [6, 6.07) is 18.4. The Labute approximate surface area is 225 Å². The van der Waals surface area contributed by atoms with Crippen LogP contribution in [0.3, 0.4) is 0 Å². The summed E-state index contributed by atoms with van der Waals surface area (Å²) in [6.07, 6.45) is 2.76. The van der Waals surface area contributed by atoms with E-state index in [1.807, 2.05) is 12.1 Å². The molecule has 3 fully saturated rings. The Morgan fingerprint density at radius 2 is 1.89 bits per heavy atom. The third-order valence-electron chi connectivity index (χ3n) is 8.47. The molecule has 0 amide bonds. The van der Waals surface area contributed by atoms with Gasteiger partial charge in [-0.05, 0) is 50.2 Å². The van der Waals surface area contributed by atoms with E-state index in [-0.39, 0.29) is 0 Å². The number of nitrogens with one attached hydrogen (secondary N) is 1. The molecule has 1 N–H and O–H groups in total. The van der Waals surface area contributed by atoms with Crippen LogP contribution >= 0.6 is 0 Å². The molecule has 8 nitrogen and oxygen atoms in total. The molecular weight excluding hydrogens is 472 g/mol. The number of pyridine rings is 2. The van der Waals surface area contributed by atoms with Gasteiger partial charge in [-0.15, -0.1) is 0 Å². The first-order chi connectivity index (χ1) is 18.6. The molecule has 6 rings (SSSR count). The van der Waals surface area contributed by atoms with Crippen LogP contribution < -0.4 is 15.1 Å². The Hall–Kier alpha value is -3.25. The maximum absolute atomic E-state index is 9.56. The molecule has 0 saturated carbocycles. The first-order valence-corrected chi connectivity index (χ1v) is 14.0. The summed E-state index contributed by atoms with van der Waals surface area (Å²) in [5, 5.41) is 14.2. The van der Waals surface area contributed by atoms with Crippen molar-refractivity contribution >= 4 is 22.4 Å². The SMILES string of the molecule is CC1CN(c2cccc(CCN3CCN4C(C)CN(c5ccc(C#N)c6ncccc56)CC4C3)n2)CCN1. The molecule has 2 aromatic heterocycles. The summed E-state index contributed by atoms with van der Waals surface area (Å²) in [5.41, 5.74) is 3.83. The molecule has 0 aliphatic carbocycles. The Morgan fingerprint density at radius 3 is 2.76 bits per heavy atom. The smallest absolute Gasteiger partial charge is 0.128 e. The zero-order valence-corrected chi connectivity index (χ0v) is 22.6. The van der Waals surface area contributed by atoms with E-state index < -0.39 is 0 Å². The topological polar surface area (TPSA) is 74.6 Å². The molecule has 5 heterocycles. The largest absolute Gasteiger partial charge is 0.368 e. The minimum Gasteiger partial charge on any atom is -0.368 e. The number of hydrogen-bond donors (Lipinski definition) is 1. The number of fused-ring (bicyclic) bond motifs is 2. The number of aromatic nitrogens is 2. The Kier molecular flexibility index (Phi) is 7.16. The molecule has 0 bridgehead atoms. The van der Waals surface area contributed by atoms with Gasteiger partial charge < -0.3 is 20.0 Å². The van der Waals surface area contributed by atoms with Gasteiger partial charge in [0.05, 0.1) is 11.1 Å². The highest BCUT2D eigenvalue weighted by Crippen LogP contribution is 2.32. The van der Waals surface area contributed by atoms with E-state index in [1.54, 1.807) is 6.20 Å². The molecular formula is C30H38N8. The number of nitriles is 1. The van der Waals surface area contributed by atoms with Crippen molar-refractivity contribution in [1.29, 1.82) is 5.26 Å². The molecule has 0 spiro atoms. The number of rotatable bonds is 5. The fraction of sp³-hybridized carbons (Fsp3) is 0.500. The van der Waals surface area contributed by atoms with Crippen molar-refractivity contribution < 1.29 is 0 Å². The van der Waals surface area contributed by atoms with Crippen molar-refractivity contribution in [3.05, 3.63) is 59.9 Å². The molecule has 3 atom stereocenters. The zero-order valence-electron chi connectivity index (χ0n) is 22.6. The van der Waals surface area contributed by atoms with Crippen LogP contribution in [0.25, 0.3) is 10.9 Å². The second-order valence-corrected chi connectivity index (χ2v) is 11.1. The van der Waals surface area contributed by atoms with E-state index in [2.05, 4.69) is 80.1 Å². The van der Waals surface area contributed by atoms with Crippen LogP contribution in [0.15, 0.2) is 48.7 Å². The third kappa shape index (κ3) is 5.06. The quantitative estimate of drug-likeness (QED) is 0.562. The minimum atomic E-state index is 0.483. The third-order valence-corrected chi connectivity index (χ3v) is 8.47. The molecule has 1 aromatic carbocycles. The molecule has 3 aliphatic heterocycles. The first kappa shape index (κ1) is 25.1. The Bertz CT molecular complexity index is 1320. The van der Waals surface area contributed by atoms with Gasteiger partial charge in [0.25, 0.3) is 0 Å². The summed E-state index contributed by atoms with van der Waals surface area (Å²) in [6.45, 7) is 14.0. The standard InChI is InChI=1S/C30H38N8/c1-22-18-36(14-12-32-22)29-7-3-5-25(34-29)10-13-35-15-16-38-23(2)19-37(21-26(38)20-35)28-9-8-24(17-31)30-27(28)6-4-11-33-30/h3-9,11,22-23,26,32H,10,12-16,18-21H2,1-2H3. The van der Waals surface area contributed by atoms with Crippen LogP contribution in [0.1, 0.15) is 25.1 Å². The number of benzene rings is 1. The lowest BCUT2D eigenvalue weighted by molar-refractivity contribution is 0.0355. The highest BCUT2D eigenvalue weighted by Gasteiger charge is 2.36. The number of anilines is 2. The summed E-state index contributed by atoms with van der Waals surface area (Å²) < 4.78 is 0. The lowest BCUT2D eigenvalue weighted by Gasteiger charge is -2.51. The van der Waals surface area contributed by atoms with Gasteiger partial charge in [-0.2, -0.15) is 5.26 Å². The van der Waals surface area contributed by atoms with E-state index in [0.717, 1.165) is 82.0 Å². The van der Waals surface area contributed by atoms with Crippen LogP contribution in [-0.4, -0.2) is 96.8 Å².